The maximum Gasteiger partial charge on any atom is 0.296 e. The third-order valence-electron chi connectivity index (χ3n) is 3.03. The van der Waals surface area contributed by atoms with E-state index in [2.05, 4.69) is 0 Å². The summed E-state index contributed by atoms with van der Waals surface area (Å²) in [6.07, 6.45) is 0. The first-order valence-corrected chi connectivity index (χ1v) is 8.64. The average Bonchev–Trinajstić information content (AvgIpc) is 2.38. The van der Waals surface area contributed by atoms with Crippen LogP contribution in [0.3, 0.4) is 0 Å². The van der Waals surface area contributed by atoms with Crippen molar-refractivity contribution in [2.45, 2.75) is 4.08 Å². The van der Waals surface area contributed by atoms with Crippen LogP contribution in [0.1, 0.15) is 11.1 Å². The van der Waals surface area contributed by atoms with Crippen molar-refractivity contribution < 1.29 is 25.9 Å². The highest BCUT2D eigenvalue weighted by Crippen LogP contribution is 2.41. The van der Waals surface area contributed by atoms with E-state index in [-0.39, 0.29) is 23.5 Å². The van der Waals surface area contributed by atoms with Crippen LogP contribution in [0.2, 0.25) is 0 Å². The van der Waals surface area contributed by atoms with Crippen molar-refractivity contribution in [2.24, 2.45) is 0 Å². The van der Waals surface area contributed by atoms with Gasteiger partial charge in [0.1, 0.15) is 0 Å². The van der Waals surface area contributed by atoms with Crippen molar-refractivity contribution in [3.05, 3.63) is 71.8 Å². The minimum absolute atomic E-state index is 0. The summed E-state index contributed by atoms with van der Waals surface area (Å²) in [6, 6.07) is 13.5. The van der Waals surface area contributed by atoms with Gasteiger partial charge in [0, 0.05) is 0 Å². The SMILES string of the molecule is Cl.O=S(=O)(O)C(c1ccccc1)(c1ccccc1)S(=O)(=O)O. The summed E-state index contributed by atoms with van der Waals surface area (Å²) < 4.78 is 63.9. The number of rotatable bonds is 4. The first-order chi connectivity index (χ1) is 9.71. The van der Waals surface area contributed by atoms with E-state index in [1.54, 1.807) is 12.1 Å². The lowest BCUT2D eigenvalue weighted by atomic mass is 10.0. The number of hydrogen-bond acceptors (Lipinski definition) is 4. The summed E-state index contributed by atoms with van der Waals surface area (Å²) >= 11 is 0. The topological polar surface area (TPSA) is 109 Å². The Kier molecular flexibility index (Phi) is 5.37. The molecule has 9 heteroatoms. The molecule has 0 aliphatic rings. The average molecular weight is 365 g/mol. The fourth-order valence-electron chi connectivity index (χ4n) is 2.21. The van der Waals surface area contributed by atoms with Gasteiger partial charge in [0.25, 0.3) is 24.3 Å². The third kappa shape index (κ3) is 2.88. The predicted molar refractivity (Wildman–Crippen MR) is 84.0 cm³/mol. The van der Waals surface area contributed by atoms with Gasteiger partial charge >= 0.3 is 0 Å². The largest absolute Gasteiger partial charge is 0.296 e. The van der Waals surface area contributed by atoms with E-state index in [1.807, 2.05) is 0 Å². The van der Waals surface area contributed by atoms with Crippen LogP contribution in [-0.2, 0) is 24.3 Å². The van der Waals surface area contributed by atoms with Crippen molar-refractivity contribution in [3.63, 3.8) is 0 Å². The monoisotopic (exact) mass is 364 g/mol. The van der Waals surface area contributed by atoms with Crippen LogP contribution >= 0.6 is 12.4 Å². The number of benzene rings is 2. The van der Waals surface area contributed by atoms with E-state index in [9.17, 15) is 25.9 Å². The Labute approximate surface area is 134 Å². The van der Waals surface area contributed by atoms with E-state index < -0.39 is 24.3 Å². The van der Waals surface area contributed by atoms with Gasteiger partial charge in [-0.2, -0.15) is 16.8 Å². The number of halogens is 1. The molecule has 0 fully saturated rings. The second-order valence-electron chi connectivity index (χ2n) is 4.30. The van der Waals surface area contributed by atoms with Gasteiger partial charge < -0.3 is 0 Å². The Morgan fingerprint density at radius 1 is 0.636 bits per heavy atom. The van der Waals surface area contributed by atoms with Crippen molar-refractivity contribution >= 4 is 32.6 Å². The third-order valence-corrected chi connectivity index (χ3v) is 6.69. The van der Waals surface area contributed by atoms with Gasteiger partial charge in [0.2, 0.25) is 0 Å². The first-order valence-electron chi connectivity index (χ1n) is 5.76. The predicted octanol–water partition coefficient (Wildman–Crippen LogP) is 2.09. The van der Waals surface area contributed by atoms with Gasteiger partial charge in [0.15, 0.2) is 0 Å². The molecule has 0 spiro atoms. The van der Waals surface area contributed by atoms with Crippen LogP contribution in [0.15, 0.2) is 60.7 Å². The van der Waals surface area contributed by atoms with Crippen molar-refractivity contribution in [3.8, 4) is 0 Å². The Bertz CT molecular complexity index is 759. The second-order valence-corrected chi connectivity index (χ2v) is 7.68. The van der Waals surface area contributed by atoms with E-state index in [1.165, 1.54) is 48.5 Å². The highest BCUT2D eigenvalue weighted by molar-refractivity contribution is 8.04. The second kappa shape index (κ2) is 6.35. The quantitative estimate of drug-likeness (QED) is 0.804. The van der Waals surface area contributed by atoms with Gasteiger partial charge in [0.05, 0.1) is 0 Å². The molecular weight excluding hydrogens is 352 g/mol. The zero-order valence-corrected chi connectivity index (χ0v) is 13.5. The zero-order valence-electron chi connectivity index (χ0n) is 11.0. The molecule has 2 aromatic carbocycles. The molecule has 0 atom stereocenters. The summed E-state index contributed by atoms with van der Waals surface area (Å²) in [4.78, 5) is 0. The van der Waals surface area contributed by atoms with Gasteiger partial charge in [-0.1, -0.05) is 60.7 Å². The highest BCUT2D eigenvalue weighted by atomic mass is 35.5. The normalized spacial score (nSPS) is 12.5. The smallest absolute Gasteiger partial charge is 0.284 e. The molecule has 22 heavy (non-hydrogen) atoms. The molecule has 0 heterocycles. The molecule has 0 aliphatic carbocycles. The maximum absolute atomic E-state index is 11.9. The van der Waals surface area contributed by atoms with Gasteiger partial charge in [-0.3, -0.25) is 9.11 Å². The lowest BCUT2D eigenvalue weighted by Gasteiger charge is -2.28. The summed E-state index contributed by atoms with van der Waals surface area (Å²) in [5.74, 6) is 0. The maximum atomic E-state index is 11.9. The molecule has 6 nitrogen and oxygen atoms in total. The van der Waals surface area contributed by atoms with E-state index >= 15 is 0 Å². The highest BCUT2D eigenvalue weighted by Gasteiger charge is 2.57. The van der Waals surface area contributed by atoms with Gasteiger partial charge in [-0.05, 0) is 11.1 Å². The van der Waals surface area contributed by atoms with Crippen LogP contribution in [0, 0.1) is 0 Å². The van der Waals surface area contributed by atoms with Crippen LogP contribution in [0.4, 0.5) is 0 Å². The molecule has 120 valence electrons. The summed E-state index contributed by atoms with van der Waals surface area (Å²) in [7, 11) is -10.5. The molecule has 0 aliphatic heterocycles. The van der Waals surface area contributed by atoms with E-state index in [4.69, 9.17) is 0 Å². The van der Waals surface area contributed by atoms with Crippen molar-refractivity contribution in [1.29, 1.82) is 0 Å². The van der Waals surface area contributed by atoms with Crippen molar-refractivity contribution in [1.82, 2.24) is 0 Å². The Morgan fingerprint density at radius 2 is 0.909 bits per heavy atom. The summed E-state index contributed by atoms with van der Waals surface area (Å²) in [5, 5.41) is 0. The number of hydrogen-bond donors (Lipinski definition) is 2. The Morgan fingerprint density at radius 3 is 1.14 bits per heavy atom. The van der Waals surface area contributed by atoms with E-state index in [0.29, 0.717) is 0 Å². The Balaban J connectivity index is 0.00000242. The molecule has 0 unspecified atom stereocenters. The van der Waals surface area contributed by atoms with E-state index in [0.717, 1.165) is 0 Å². The summed E-state index contributed by atoms with van der Waals surface area (Å²) in [5.41, 5.74) is -0.553. The summed E-state index contributed by atoms with van der Waals surface area (Å²) in [6.45, 7) is 0. The molecule has 2 rings (SSSR count). The molecule has 2 N–H and O–H groups in total. The lowest BCUT2D eigenvalue weighted by molar-refractivity contribution is 0.438. The molecule has 0 radical (unpaired) electrons. The molecule has 0 saturated carbocycles. The van der Waals surface area contributed by atoms with Crippen LogP contribution in [-0.4, -0.2) is 25.9 Å². The zero-order chi connectivity index (χ0) is 15.7. The molecular formula is C13H13ClO6S2. The first kappa shape index (κ1) is 18.6. The standard InChI is InChI=1S/C13H12O6S2.ClH/c14-20(15,16)13(21(17,18)19,11-7-3-1-4-8-11)12-9-5-2-6-10-12;/h1-10H,(H,14,15,16)(H,17,18,19);1H. The molecule has 2 aromatic rings. The molecule has 0 amide bonds. The lowest BCUT2D eigenvalue weighted by Crippen LogP contribution is -2.44. The molecule has 0 bridgehead atoms. The fraction of sp³-hybridized carbons (Fsp3) is 0.0769. The Hall–Kier alpha value is -1.45. The van der Waals surface area contributed by atoms with Crippen LogP contribution < -0.4 is 0 Å². The fourth-order valence-corrected chi connectivity index (χ4v) is 5.01. The van der Waals surface area contributed by atoms with Gasteiger partial charge in [-0.15, -0.1) is 12.4 Å². The minimum Gasteiger partial charge on any atom is -0.284 e. The minimum atomic E-state index is -5.23. The van der Waals surface area contributed by atoms with Crippen LogP contribution in [0.5, 0.6) is 0 Å². The van der Waals surface area contributed by atoms with Crippen LogP contribution in [0.25, 0.3) is 0 Å². The molecule has 0 saturated heterocycles. The molecule has 0 aromatic heterocycles. The van der Waals surface area contributed by atoms with Crippen molar-refractivity contribution in [2.75, 3.05) is 0 Å². The van der Waals surface area contributed by atoms with Gasteiger partial charge in [-0.25, -0.2) is 0 Å².